The van der Waals surface area contributed by atoms with Crippen molar-refractivity contribution in [1.29, 1.82) is 0 Å². The Morgan fingerprint density at radius 2 is 1.50 bits per heavy atom. The van der Waals surface area contributed by atoms with Gasteiger partial charge in [0.25, 0.3) is 23.4 Å². The first-order chi connectivity index (χ1) is 17.3. The third kappa shape index (κ3) is 4.85. The van der Waals surface area contributed by atoms with Crippen LogP contribution in [0.25, 0.3) is 0 Å². The Hall–Kier alpha value is -5.19. The number of nitro groups is 1. The third-order valence-corrected chi connectivity index (χ3v) is 5.32. The third-order valence-electron chi connectivity index (χ3n) is 5.32. The molecule has 3 aromatic rings. The number of nitro benzene ring substituents is 1. The molecule has 3 amide bonds. The summed E-state index contributed by atoms with van der Waals surface area (Å²) in [7, 11) is 0. The van der Waals surface area contributed by atoms with Gasteiger partial charge in [-0.25, -0.2) is 4.90 Å². The van der Waals surface area contributed by atoms with E-state index in [1.54, 1.807) is 24.3 Å². The Morgan fingerprint density at radius 1 is 0.861 bits per heavy atom. The topological polar surface area (TPSA) is 153 Å². The van der Waals surface area contributed by atoms with Gasteiger partial charge in [-0.3, -0.25) is 34.1 Å². The first-order valence-corrected chi connectivity index (χ1v) is 10.6. The van der Waals surface area contributed by atoms with Gasteiger partial charge in [0, 0.05) is 23.3 Å². The summed E-state index contributed by atoms with van der Waals surface area (Å²) in [5, 5.41) is 13.2. The van der Waals surface area contributed by atoms with Crippen molar-refractivity contribution in [1.82, 2.24) is 5.32 Å². The molecule has 0 saturated carbocycles. The molecule has 11 nitrogen and oxygen atoms in total. The summed E-state index contributed by atoms with van der Waals surface area (Å²) in [6.07, 6.45) is 0. The number of rotatable bonds is 8. The van der Waals surface area contributed by atoms with Crippen LogP contribution in [0.5, 0.6) is 0 Å². The van der Waals surface area contributed by atoms with E-state index < -0.39 is 47.5 Å². The number of benzene rings is 3. The number of hydrogen-bond acceptors (Lipinski definition) is 8. The summed E-state index contributed by atoms with van der Waals surface area (Å²) < 4.78 is 4.83. The van der Waals surface area contributed by atoms with Crippen molar-refractivity contribution in [3.8, 4) is 0 Å². The zero-order valence-corrected chi connectivity index (χ0v) is 18.5. The summed E-state index contributed by atoms with van der Waals surface area (Å²) >= 11 is 0. The number of non-ortho nitro benzene ring substituents is 1. The van der Waals surface area contributed by atoms with Crippen LogP contribution < -0.4 is 10.2 Å². The van der Waals surface area contributed by atoms with Crippen LogP contribution in [0.2, 0.25) is 0 Å². The lowest BCUT2D eigenvalue weighted by Gasteiger charge is -2.14. The molecular formula is C25H17N3O8. The van der Waals surface area contributed by atoms with Crippen LogP contribution in [0.1, 0.15) is 41.4 Å². The van der Waals surface area contributed by atoms with Crippen LogP contribution in [0.15, 0.2) is 72.8 Å². The number of carbonyl (C=O) groups excluding carboxylic acids is 5. The van der Waals surface area contributed by atoms with Gasteiger partial charge in [-0.05, 0) is 36.4 Å². The molecule has 11 heteroatoms. The molecule has 180 valence electrons. The van der Waals surface area contributed by atoms with Crippen molar-refractivity contribution in [2.24, 2.45) is 0 Å². The molecule has 1 aliphatic heterocycles. The standard InChI is InChI=1S/C25H17N3O8/c29-21(16-4-3-5-18(12-16)28(34)35)14-36-22(30)13-26-23(31)15-8-10-17(11-9-15)27-24(32)19-6-1-2-7-20(19)25(27)33/h1-12H,13-14H2,(H,26,31). The maximum atomic E-state index is 12.6. The highest BCUT2D eigenvalue weighted by Crippen LogP contribution is 2.28. The molecular weight excluding hydrogens is 470 g/mol. The summed E-state index contributed by atoms with van der Waals surface area (Å²) in [6.45, 7) is -1.17. The average Bonchev–Trinajstić information content (AvgIpc) is 3.15. The number of nitrogens with zero attached hydrogens (tertiary/aromatic N) is 2. The molecule has 1 N–H and O–H groups in total. The largest absolute Gasteiger partial charge is 0.456 e. The number of hydrogen-bond donors (Lipinski definition) is 1. The van der Waals surface area contributed by atoms with Gasteiger partial charge >= 0.3 is 5.97 Å². The Bertz CT molecular complexity index is 1380. The van der Waals surface area contributed by atoms with Crippen molar-refractivity contribution >= 4 is 40.8 Å². The number of fused-ring (bicyclic) bond motifs is 1. The minimum Gasteiger partial charge on any atom is -0.456 e. The fourth-order valence-electron chi connectivity index (χ4n) is 3.51. The molecule has 1 heterocycles. The minimum absolute atomic E-state index is 0.0131. The number of Topliss-reactive ketones (excluding diaryl/α,β-unsaturated/α-hetero) is 1. The van der Waals surface area contributed by atoms with E-state index in [4.69, 9.17) is 4.74 Å². The molecule has 4 rings (SSSR count). The highest BCUT2D eigenvalue weighted by atomic mass is 16.6. The highest BCUT2D eigenvalue weighted by molar-refractivity contribution is 6.34. The monoisotopic (exact) mass is 487 g/mol. The summed E-state index contributed by atoms with van der Waals surface area (Å²) in [6, 6.07) is 17.1. The van der Waals surface area contributed by atoms with Crippen LogP contribution in [0, 0.1) is 10.1 Å². The van der Waals surface area contributed by atoms with Gasteiger partial charge in [0.1, 0.15) is 6.54 Å². The van der Waals surface area contributed by atoms with E-state index in [-0.39, 0.29) is 22.5 Å². The van der Waals surface area contributed by atoms with Crippen LogP contribution in [-0.2, 0) is 9.53 Å². The van der Waals surface area contributed by atoms with Crippen LogP contribution in [0.4, 0.5) is 11.4 Å². The molecule has 0 atom stereocenters. The number of ketones is 1. The Kier molecular flexibility index (Phi) is 6.63. The Morgan fingerprint density at radius 3 is 2.11 bits per heavy atom. The van der Waals surface area contributed by atoms with Crippen molar-refractivity contribution in [3.05, 3.63) is 105 Å². The van der Waals surface area contributed by atoms with Crippen LogP contribution in [0.3, 0.4) is 0 Å². The lowest BCUT2D eigenvalue weighted by Crippen LogP contribution is -2.32. The normalized spacial score (nSPS) is 12.2. The summed E-state index contributed by atoms with van der Waals surface area (Å²) in [5.41, 5.74) is 0.791. The Labute approximate surface area is 203 Å². The van der Waals surface area contributed by atoms with Crippen molar-refractivity contribution < 1.29 is 33.6 Å². The fraction of sp³-hybridized carbons (Fsp3) is 0.0800. The number of nitrogens with one attached hydrogen (secondary N) is 1. The molecule has 3 aromatic carbocycles. The van der Waals surface area contributed by atoms with Crippen molar-refractivity contribution in [2.75, 3.05) is 18.1 Å². The molecule has 1 aliphatic rings. The smallest absolute Gasteiger partial charge is 0.325 e. The second-order valence-corrected chi connectivity index (χ2v) is 7.61. The molecule has 0 bridgehead atoms. The zero-order chi connectivity index (χ0) is 25.8. The number of anilines is 1. The first-order valence-electron chi connectivity index (χ1n) is 10.6. The molecule has 0 saturated heterocycles. The van der Waals surface area contributed by atoms with E-state index >= 15 is 0 Å². The summed E-state index contributed by atoms with van der Waals surface area (Å²) in [4.78, 5) is 72.7. The van der Waals surface area contributed by atoms with E-state index in [0.717, 1.165) is 11.0 Å². The van der Waals surface area contributed by atoms with E-state index in [2.05, 4.69) is 5.32 Å². The summed E-state index contributed by atoms with van der Waals surface area (Å²) in [5.74, 6) is -3.07. The van der Waals surface area contributed by atoms with E-state index in [9.17, 15) is 34.1 Å². The Balaban J connectivity index is 1.29. The van der Waals surface area contributed by atoms with E-state index in [1.807, 2.05) is 0 Å². The SMILES string of the molecule is O=C(CNC(=O)c1ccc(N2C(=O)c3ccccc3C2=O)cc1)OCC(=O)c1cccc([N+](=O)[O-])c1. The van der Waals surface area contributed by atoms with Gasteiger partial charge in [-0.1, -0.05) is 24.3 Å². The minimum atomic E-state index is -0.884. The van der Waals surface area contributed by atoms with Gasteiger partial charge in [0.15, 0.2) is 6.61 Å². The van der Waals surface area contributed by atoms with Gasteiger partial charge in [0.2, 0.25) is 5.78 Å². The molecule has 0 fully saturated rings. The lowest BCUT2D eigenvalue weighted by atomic mass is 10.1. The van der Waals surface area contributed by atoms with Crippen molar-refractivity contribution in [2.45, 2.75) is 0 Å². The number of carbonyl (C=O) groups is 5. The average molecular weight is 487 g/mol. The predicted molar refractivity (Wildman–Crippen MR) is 125 cm³/mol. The van der Waals surface area contributed by atoms with Gasteiger partial charge in [0.05, 0.1) is 21.7 Å². The fourth-order valence-corrected chi connectivity index (χ4v) is 3.51. The zero-order valence-electron chi connectivity index (χ0n) is 18.5. The molecule has 0 spiro atoms. The second kappa shape index (κ2) is 9.97. The molecule has 0 aliphatic carbocycles. The maximum Gasteiger partial charge on any atom is 0.325 e. The first kappa shape index (κ1) is 24.0. The number of esters is 1. The van der Waals surface area contributed by atoms with Crippen LogP contribution >= 0.6 is 0 Å². The van der Waals surface area contributed by atoms with Crippen molar-refractivity contribution in [3.63, 3.8) is 0 Å². The molecule has 0 aromatic heterocycles. The van der Waals surface area contributed by atoms with Gasteiger partial charge in [-0.2, -0.15) is 0 Å². The lowest BCUT2D eigenvalue weighted by molar-refractivity contribution is -0.384. The highest BCUT2D eigenvalue weighted by Gasteiger charge is 2.36. The van der Waals surface area contributed by atoms with Gasteiger partial charge in [-0.15, -0.1) is 0 Å². The van der Waals surface area contributed by atoms with Gasteiger partial charge < -0.3 is 10.1 Å². The quantitative estimate of drug-likeness (QED) is 0.167. The molecule has 0 radical (unpaired) electrons. The molecule has 0 unspecified atom stereocenters. The number of imide groups is 1. The maximum absolute atomic E-state index is 12.6. The van der Waals surface area contributed by atoms with Crippen LogP contribution in [-0.4, -0.2) is 47.5 Å². The van der Waals surface area contributed by atoms with E-state index in [1.165, 1.54) is 42.5 Å². The number of ether oxygens (including phenoxy) is 1. The second-order valence-electron chi connectivity index (χ2n) is 7.61. The predicted octanol–water partition coefficient (Wildman–Crippen LogP) is 2.55. The van der Waals surface area contributed by atoms with E-state index in [0.29, 0.717) is 11.1 Å². The molecule has 36 heavy (non-hydrogen) atoms. The number of amides is 3.